The highest BCUT2D eigenvalue weighted by Crippen LogP contribution is 2.34. The number of methoxy groups -OCH3 is 3. The van der Waals surface area contributed by atoms with Gasteiger partial charge in [-0.05, 0) is 12.5 Å². The van der Waals surface area contributed by atoms with Gasteiger partial charge in [0, 0.05) is 31.8 Å². The molecule has 1 rings (SSSR count). The average Bonchev–Trinajstić information content (AvgIpc) is 2.60. The number of nitrogens with one attached hydrogen (secondary N) is 2. The van der Waals surface area contributed by atoms with E-state index in [0.717, 1.165) is 30.2 Å². The summed E-state index contributed by atoms with van der Waals surface area (Å²) in [7, 11) is 6.64. The Morgan fingerprint density at radius 1 is 0.958 bits per heavy atom. The van der Waals surface area contributed by atoms with Crippen molar-refractivity contribution >= 4 is 29.9 Å². The van der Waals surface area contributed by atoms with Gasteiger partial charge in [0.15, 0.2) is 17.5 Å². The Hall–Kier alpha value is -1.38. The monoisotopic (exact) mass is 451 g/mol. The Labute approximate surface area is 162 Å². The minimum absolute atomic E-state index is 0. The van der Waals surface area contributed by atoms with Gasteiger partial charge in [0.2, 0.25) is 0 Å². The lowest BCUT2D eigenvalue weighted by atomic mass is 10.1. The van der Waals surface area contributed by atoms with Crippen LogP contribution in [-0.2, 0) is 6.54 Å². The van der Waals surface area contributed by atoms with E-state index in [9.17, 15) is 0 Å². The van der Waals surface area contributed by atoms with Crippen LogP contribution in [0.1, 0.15) is 31.7 Å². The van der Waals surface area contributed by atoms with Crippen LogP contribution in [0, 0.1) is 0 Å². The number of unbranched alkanes of at least 4 members (excludes halogenated alkanes) is 2. The number of nitrogens with zero attached hydrogens (tertiary/aromatic N) is 1. The molecular formula is C17H30IN3O3. The van der Waals surface area contributed by atoms with Gasteiger partial charge >= 0.3 is 0 Å². The molecule has 0 fully saturated rings. The highest BCUT2D eigenvalue weighted by Gasteiger charge is 2.12. The lowest BCUT2D eigenvalue weighted by Gasteiger charge is -2.16. The maximum absolute atomic E-state index is 5.43. The maximum atomic E-state index is 5.43. The van der Waals surface area contributed by atoms with Gasteiger partial charge in [0.25, 0.3) is 0 Å². The first kappa shape index (κ1) is 22.6. The molecular weight excluding hydrogens is 421 g/mol. The van der Waals surface area contributed by atoms with E-state index in [2.05, 4.69) is 22.5 Å². The summed E-state index contributed by atoms with van der Waals surface area (Å²) in [6, 6.07) is 3.74. The molecule has 0 spiro atoms. The molecule has 0 heterocycles. The predicted molar refractivity (Wildman–Crippen MR) is 109 cm³/mol. The zero-order valence-electron chi connectivity index (χ0n) is 15.3. The summed E-state index contributed by atoms with van der Waals surface area (Å²) in [6.45, 7) is 3.68. The topological polar surface area (TPSA) is 64.1 Å². The summed E-state index contributed by atoms with van der Waals surface area (Å²) in [6.07, 6.45) is 3.56. The molecule has 0 aliphatic heterocycles. The smallest absolute Gasteiger partial charge is 0.191 e. The van der Waals surface area contributed by atoms with Crippen molar-refractivity contribution in [2.45, 2.75) is 32.7 Å². The van der Waals surface area contributed by atoms with Crippen LogP contribution in [-0.4, -0.2) is 40.9 Å². The van der Waals surface area contributed by atoms with E-state index in [1.807, 2.05) is 12.1 Å². The Morgan fingerprint density at radius 3 is 2.12 bits per heavy atom. The van der Waals surface area contributed by atoms with Gasteiger partial charge in [-0.15, -0.1) is 24.0 Å². The van der Waals surface area contributed by atoms with Crippen LogP contribution < -0.4 is 24.8 Å². The van der Waals surface area contributed by atoms with Crippen molar-refractivity contribution in [3.63, 3.8) is 0 Å². The molecule has 7 heteroatoms. The number of rotatable bonds is 9. The second kappa shape index (κ2) is 13.0. The number of hydrogen-bond donors (Lipinski definition) is 2. The molecule has 0 saturated heterocycles. The quantitative estimate of drug-likeness (QED) is 0.261. The third kappa shape index (κ3) is 7.02. The van der Waals surface area contributed by atoms with Crippen LogP contribution in [0.15, 0.2) is 17.1 Å². The fourth-order valence-electron chi connectivity index (χ4n) is 2.21. The standard InChI is InChI=1S/C17H29N3O3.HI/c1-6-7-8-9-19-17(18-2)20-12-13-10-15(22-4)16(23-5)11-14(13)21-3;/h10-11H,6-9,12H2,1-5H3,(H2,18,19,20);1H. The van der Waals surface area contributed by atoms with Gasteiger partial charge in [0.1, 0.15) is 5.75 Å². The Kier molecular flexibility index (Phi) is 12.2. The number of guanidine groups is 1. The second-order valence-corrected chi connectivity index (χ2v) is 5.08. The molecule has 24 heavy (non-hydrogen) atoms. The molecule has 6 nitrogen and oxygen atoms in total. The Bertz CT molecular complexity index is 510. The molecule has 138 valence electrons. The molecule has 1 aromatic carbocycles. The molecule has 0 aromatic heterocycles. The van der Waals surface area contributed by atoms with Gasteiger partial charge in [-0.1, -0.05) is 19.8 Å². The van der Waals surface area contributed by atoms with E-state index in [4.69, 9.17) is 14.2 Å². The van der Waals surface area contributed by atoms with Gasteiger partial charge in [-0.3, -0.25) is 4.99 Å². The lowest BCUT2D eigenvalue weighted by molar-refractivity contribution is 0.347. The first-order valence-electron chi connectivity index (χ1n) is 7.93. The second-order valence-electron chi connectivity index (χ2n) is 5.08. The molecule has 0 unspecified atom stereocenters. The molecule has 0 amide bonds. The minimum atomic E-state index is 0. The van der Waals surface area contributed by atoms with Crippen LogP contribution in [0.4, 0.5) is 0 Å². The van der Waals surface area contributed by atoms with Crippen LogP contribution in [0.25, 0.3) is 0 Å². The number of benzene rings is 1. The molecule has 0 saturated carbocycles. The molecule has 0 aliphatic rings. The summed E-state index contributed by atoms with van der Waals surface area (Å²) in [5.41, 5.74) is 0.974. The van der Waals surface area contributed by atoms with Crippen molar-refractivity contribution in [2.75, 3.05) is 34.9 Å². The molecule has 0 aliphatic carbocycles. The van der Waals surface area contributed by atoms with E-state index in [1.165, 1.54) is 12.8 Å². The summed E-state index contributed by atoms with van der Waals surface area (Å²) < 4.78 is 16.1. The molecule has 0 bridgehead atoms. The highest BCUT2D eigenvalue weighted by atomic mass is 127. The zero-order chi connectivity index (χ0) is 17.1. The third-order valence-corrected chi connectivity index (χ3v) is 3.53. The van der Waals surface area contributed by atoms with E-state index in [0.29, 0.717) is 18.0 Å². The van der Waals surface area contributed by atoms with Crippen molar-refractivity contribution in [1.29, 1.82) is 0 Å². The van der Waals surface area contributed by atoms with E-state index >= 15 is 0 Å². The predicted octanol–water partition coefficient (Wildman–Crippen LogP) is 3.19. The number of halogens is 1. The van der Waals surface area contributed by atoms with Gasteiger partial charge < -0.3 is 24.8 Å². The van der Waals surface area contributed by atoms with Gasteiger partial charge in [-0.2, -0.15) is 0 Å². The molecule has 1 aromatic rings. The first-order chi connectivity index (χ1) is 11.2. The van der Waals surface area contributed by atoms with Crippen molar-refractivity contribution in [1.82, 2.24) is 10.6 Å². The van der Waals surface area contributed by atoms with Gasteiger partial charge in [-0.25, -0.2) is 0 Å². The number of aliphatic imine (C=N–C) groups is 1. The third-order valence-electron chi connectivity index (χ3n) is 3.53. The first-order valence-corrected chi connectivity index (χ1v) is 7.93. The highest BCUT2D eigenvalue weighted by molar-refractivity contribution is 14.0. The average molecular weight is 451 g/mol. The summed E-state index contributed by atoms with van der Waals surface area (Å²) in [4.78, 5) is 4.23. The summed E-state index contributed by atoms with van der Waals surface area (Å²) in [5, 5.41) is 6.59. The number of ether oxygens (including phenoxy) is 3. The summed E-state index contributed by atoms with van der Waals surface area (Å²) >= 11 is 0. The molecule has 2 N–H and O–H groups in total. The van der Waals surface area contributed by atoms with E-state index < -0.39 is 0 Å². The van der Waals surface area contributed by atoms with Crippen molar-refractivity contribution in [3.05, 3.63) is 17.7 Å². The minimum Gasteiger partial charge on any atom is -0.496 e. The van der Waals surface area contributed by atoms with Gasteiger partial charge in [0.05, 0.1) is 21.3 Å². The van der Waals surface area contributed by atoms with Crippen molar-refractivity contribution < 1.29 is 14.2 Å². The fourth-order valence-corrected chi connectivity index (χ4v) is 2.21. The van der Waals surface area contributed by atoms with E-state index in [-0.39, 0.29) is 24.0 Å². The lowest BCUT2D eigenvalue weighted by Crippen LogP contribution is -2.37. The Morgan fingerprint density at radius 2 is 1.58 bits per heavy atom. The SMILES string of the molecule is CCCCCNC(=NC)NCc1cc(OC)c(OC)cc1OC.I. The largest absolute Gasteiger partial charge is 0.496 e. The summed E-state index contributed by atoms with van der Waals surface area (Å²) in [5.74, 6) is 2.85. The van der Waals surface area contributed by atoms with Crippen molar-refractivity contribution in [2.24, 2.45) is 4.99 Å². The molecule has 0 radical (unpaired) electrons. The fraction of sp³-hybridized carbons (Fsp3) is 0.588. The van der Waals surface area contributed by atoms with Crippen LogP contribution in [0.3, 0.4) is 0 Å². The molecule has 0 atom stereocenters. The van der Waals surface area contributed by atoms with Crippen LogP contribution in [0.5, 0.6) is 17.2 Å². The maximum Gasteiger partial charge on any atom is 0.191 e. The van der Waals surface area contributed by atoms with Crippen LogP contribution in [0.2, 0.25) is 0 Å². The zero-order valence-corrected chi connectivity index (χ0v) is 17.6. The van der Waals surface area contributed by atoms with Crippen molar-refractivity contribution in [3.8, 4) is 17.2 Å². The van der Waals surface area contributed by atoms with Crippen LogP contribution >= 0.6 is 24.0 Å². The number of hydrogen-bond acceptors (Lipinski definition) is 4. The normalized spacial score (nSPS) is 10.6. The Balaban J connectivity index is 0.00000529. The van der Waals surface area contributed by atoms with E-state index in [1.54, 1.807) is 28.4 Å².